The number of hydrogen-bond acceptors (Lipinski definition) is 5. The minimum Gasteiger partial charge on any atom is -0.349 e. The van der Waals surface area contributed by atoms with Crippen LogP contribution in [0.2, 0.25) is 0 Å². The highest BCUT2D eigenvalue weighted by Gasteiger charge is 2.28. The third-order valence-corrected chi connectivity index (χ3v) is 5.75. The summed E-state index contributed by atoms with van der Waals surface area (Å²) < 4.78 is 32.8. The Kier molecular flexibility index (Phi) is 6.08. The van der Waals surface area contributed by atoms with Crippen LogP contribution in [0.3, 0.4) is 0 Å². The third-order valence-electron chi connectivity index (χ3n) is 5.75. The molecule has 8 heteroatoms. The maximum atomic E-state index is 13.8. The summed E-state index contributed by atoms with van der Waals surface area (Å²) in [5.41, 5.74) is 1.29. The van der Waals surface area contributed by atoms with E-state index in [1.54, 1.807) is 31.2 Å². The number of aryl methyl sites for hydroxylation is 1. The second kappa shape index (κ2) is 8.93. The summed E-state index contributed by atoms with van der Waals surface area (Å²) in [6.07, 6.45) is 1.48. The highest BCUT2D eigenvalue weighted by atomic mass is 19.1. The Balaban J connectivity index is 1.35. The van der Waals surface area contributed by atoms with Gasteiger partial charge in [-0.25, -0.2) is 8.78 Å². The van der Waals surface area contributed by atoms with Gasteiger partial charge in [0.2, 0.25) is 11.7 Å². The molecule has 6 nitrogen and oxygen atoms in total. The number of rotatable bonds is 5. The molecule has 4 rings (SSSR count). The number of likely N-dealkylation sites (tertiary alicyclic amines) is 1. The van der Waals surface area contributed by atoms with Crippen LogP contribution in [0, 0.1) is 18.6 Å². The molecule has 3 aromatic rings. The highest BCUT2D eigenvalue weighted by Crippen LogP contribution is 2.26. The van der Waals surface area contributed by atoms with Gasteiger partial charge in [0, 0.05) is 24.7 Å². The first-order chi connectivity index (χ1) is 14.9. The average molecular weight is 426 g/mol. The predicted octanol–water partition coefficient (Wildman–Crippen LogP) is 4.28. The second-order valence-corrected chi connectivity index (χ2v) is 7.86. The fourth-order valence-electron chi connectivity index (χ4n) is 3.80. The zero-order valence-electron chi connectivity index (χ0n) is 17.4. The second-order valence-electron chi connectivity index (χ2n) is 7.86. The van der Waals surface area contributed by atoms with Gasteiger partial charge < -0.3 is 9.84 Å². The third kappa shape index (κ3) is 4.64. The summed E-state index contributed by atoms with van der Waals surface area (Å²) in [6.45, 7) is 5.15. The number of amides is 1. The summed E-state index contributed by atoms with van der Waals surface area (Å²) in [6, 6.07) is 10.6. The van der Waals surface area contributed by atoms with Crippen molar-refractivity contribution in [3.05, 3.63) is 71.1 Å². The summed E-state index contributed by atoms with van der Waals surface area (Å²) in [7, 11) is 0. The molecule has 2 aromatic carbocycles. The van der Waals surface area contributed by atoms with Crippen molar-refractivity contribution in [2.24, 2.45) is 0 Å². The normalized spacial score (nSPS) is 16.3. The predicted molar refractivity (Wildman–Crippen MR) is 111 cm³/mol. The Bertz CT molecular complexity index is 1080. The lowest BCUT2D eigenvalue weighted by molar-refractivity contribution is 0.0877. The Morgan fingerprint density at radius 2 is 1.90 bits per heavy atom. The molecule has 1 saturated heterocycles. The molecule has 1 amide bonds. The van der Waals surface area contributed by atoms with Crippen LogP contribution in [0.25, 0.3) is 11.4 Å². The molecule has 2 heterocycles. The number of nitrogens with one attached hydrogen (secondary N) is 1. The molecule has 0 spiro atoms. The molecule has 1 aromatic heterocycles. The summed E-state index contributed by atoms with van der Waals surface area (Å²) in [5, 5.41) is 6.96. The van der Waals surface area contributed by atoms with Crippen molar-refractivity contribution in [1.82, 2.24) is 20.4 Å². The van der Waals surface area contributed by atoms with Crippen LogP contribution in [0.15, 0.2) is 47.0 Å². The zero-order valence-corrected chi connectivity index (χ0v) is 17.4. The fourth-order valence-corrected chi connectivity index (χ4v) is 3.80. The molecule has 1 unspecified atom stereocenters. The molecular weight excluding hydrogens is 402 g/mol. The molecule has 0 saturated carbocycles. The van der Waals surface area contributed by atoms with E-state index in [0.717, 1.165) is 25.9 Å². The number of nitrogens with zero attached hydrogens (tertiary/aromatic N) is 3. The van der Waals surface area contributed by atoms with Crippen molar-refractivity contribution in [2.45, 2.75) is 38.8 Å². The Hall–Kier alpha value is -3.13. The molecule has 1 atom stereocenters. The molecule has 0 bridgehead atoms. The Morgan fingerprint density at radius 3 is 2.61 bits per heavy atom. The van der Waals surface area contributed by atoms with E-state index >= 15 is 0 Å². The van der Waals surface area contributed by atoms with Gasteiger partial charge in [-0.05, 0) is 62.6 Å². The molecule has 1 N–H and O–H groups in total. The molecule has 1 aliphatic rings. The van der Waals surface area contributed by atoms with Crippen molar-refractivity contribution in [2.75, 3.05) is 13.1 Å². The minimum absolute atomic E-state index is 0.0176. The van der Waals surface area contributed by atoms with E-state index in [4.69, 9.17) is 4.52 Å². The first-order valence-corrected chi connectivity index (χ1v) is 10.3. The largest absolute Gasteiger partial charge is 0.349 e. The number of carbonyl (C=O) groups excluding carboxylic acids is 1. The van der Waals surface area contributed by atoms with Crippen LogP contribution < -0.4 is 5.32 Å². The maximum Gasteiger partial charge on any atom is 0.254 e. The number of aromatic nitrogens is 2. The van der Waals surface area contributed by atoms with E-state index in [1.165, 1.54) is 18.2 Å². The number of piperidine rings is 1. The minimum atomic E-state index is -0.519. The monoisotopic (exact) mass is 426 g/mol. The van der Waals surface area contributed by atoms with E-state index in [0.29, 0.717) is 22.8 Å². The van der Waals surface area contributed by atoms with E-state index in [1.807, 2.05) is 6.92 Å². The molecule has 31 heavy (non-hydrogen) atoms. The maximum absolute atomic E-state index is 13.8. The van der Waals surface area contributed by atoms with Crippen molar-refractivity contribution >= 4 is 5.91 Å². The molecule has 1 fully saturated rings. The van der Waals surface area contributed by atoms with Crippen LogP contribution in [0.1, 0.15) is 47.6 Å². The fraction of sp³-hybridized carbons (Fsp3) is 0.348. The van der Waals surface area contributed by atoms with Gasteiger partial charge in [-0.3, -0.25) is 9.69 Å². The lowest BCUT2D eigenvalue weighted by Crippen LogP contribution is -2.45. The van der Waals surface area contributed by atoms with Crippen molar-refractivity contribution in [3.63, 3.8) is 0 Å². The number of benzene rings is 2. The standard InChI is InChI=1S/C23H24F2N4O2/c1-14-13-16(7-8-19(14)24)21-27-23(31-28-21)15(2)29-11-9-17(10-12-29)26-22(30)18-5-3-4-6-20(18)25/h3-8,13,15,17H,9-12H2,1-2H3,(H,26,30). The van der Waals surface area contributed by atoms with Crippen LogP contribution in [0.5, 0.6) is 0 Å². The van der Waals surface area contributed by atoms with Crippen LogP contribution in [-0.2, 0) is 0 Å². The van der Waals surface area contributed by atoms with E-state index in [2.05, 4.69) is 20.4 Å². The van der Waals surface area contributed by atoms with Crippen LogP contribution in [-0.4, -0.2) is 40.1 Å². The van der Waals surface area contributed by atoms with Crippen molar-refractivity contribution < 1.29 is 18.1 Å². The lowest BCUT2D eigenvalue weighted by atomic mass is 10.0. The van der Waals surface area contributed by atoms with Gasteiger partial charge >= 0.3 is 0 Å². The number of carbonyl (C=O) groups is 1. The molecule has 162 valence electrons. The molecule has 1 aliphatic heterocycles. The SMILES string of the molecule is Cc1cc(-c2noc(C(C)N3CCC(NC(=O)c4ccccc4F)CC3)n2)ccc1F. The average Bonchev–Trinajstić information content (AvgIpc) is 3.26. The van der Waals surface area contributed by atoms with Gasteiger partial charge in [0.25, 0.3) is 5.91 Å². The lowest BCUT2D eigenvalue weighted by Gasteiger charge is -2.34. The van der Waals surface area contributed by atoms with Gasteiger partial charge in [0.15, 0.2) is 0 Å². The van der Waals surface area contributed by atoms with Crippen LogP contribution >= 0.6 is 0 Å². The zero-order chi connectivity index (χ0) is 22.0. The van der Waals surface area contributed by atoms with Gasteiger partial charge in [-0.1, -0.05) is 17.3 Å². The first-order valence-electron chi connectivity index (χ1n) is 10.3. The van der Waals surface area contributed by atoms with Gasteiger partial charge in [0.1, 0.15) is 11.6 Å². The molecule has 0 aliphatic carbocycles. The molecular formula is C23H24F2N4O2. The first kappa shape index (κ1) is 21.1. The number of hydrogen-bond donors (Lipinski definition) is 1. The summed E-state index contributed by atoms with van der Waals surface area (Å²) in [5.74, 6) is -0.260. The highest BCUT2D eigenvalue weighted by molar-refractivity contribution is 5.94. The smallest absolute Gasteiger partial charge is 0.254 e. The van der Waals surface area contributed by atoms with Gasteiger partial charge in [-0.15, -0.1) is 0 Å². The van der Waals surface area contributed by atoms with Crippen LogP contribution in [0.4, 0.5) is 8.78 Å². The quantitative estimate of drug-likeness (QED) is 0.660. The Labute approximate surface area is 179 Å². The Morgan fingerprint density at radius 1 is 1.16 bits per heavy atom. The number of halogens is 2. The van der Waals surface area contributed by atoms with Crippen molar-refractivity contribution in [1.29, 1.82) is 0 Å². The topological polar surface area (TPSA) is 71.3 Å². The van der Waals surface area contributed by atoms with Crippen molar-refractivity contribution in [3.8, 4) is 11.4 Å². The van der Waals surface area contributed by atoms with E-state index < -0.39 is 5.82 Å². The summed E-state index contributed by atoms with van der Waals surface area (Å²) >= 11 is 0. The molecule has 0 radical (unpaired) electrons. The van der Waals surface area contributed by atoms with E-state index in [9.17, 15) is 13.6 Å². The van der Waals surface area contributed by atoms with Gasteiger partial charge in [-0.2, -0.15) is 4.98 Å². The van der Waals surface area contributed by atoms with E-state index in [-0.39, 0.29) is 29.4 Å². The van der Waals surface area contributed by atoms with Gasteiger partial charge in [0.05, 0.1) is 11.6 Å². The summed E-state index contributed by atoms with van der Waals surface area (Å²) in [4.78, 5) is 19.0.